The van der Waals surface area contributed by atoms with Crippen molar-refractivity contribution in [2.75, 3.05) is 0 Å². The standard InChI is InChI=1S/C22H17FN4OS2/c23-17-8-4-7-16(13-17)14-30-22-25-24-21-26(11-9-15-5-2-1-3-6-15)20(28)19-18(27(21)22)10-12-29-19/h1-8,10,12-13H,9,11,14H2. The van der Waals surface area contributed by atoms with E-state index >= 15 is 0 Å². The van der Waals surface area contributed by atoms with Crippen molar-refractivity contribution in [1.29, 1.82) is 0 Å². The molecule has 0 aliphatic heterocycles. The van der Waals surface area contributed by atoms with Gasteiger partial charge in [0.05, 0.1) is 5.52 Å². The van der Waals surface area contributed by atoms with E-state index in [1.54, 1.807) is 10.6 Å². The Balaban J connectivity index is 1.54. The summed E-state index contributed by atoms with van der Waals surface area (Å²) in [7, 11) is 0. The van der Waals surface area contributed by atoms with Crippen LogP contribution in [0.15, 0.2) is 76.0 Å². The highest BCUT2D eigenvalue weighted by Gasteiger charge is 2.18. The lowest BCUT2D eigenvalue weighted by molar-refractivity contribution is 0.626. The molecule has 0 saturated heterocycles. The second-order valence-electron chi connectivity index (χ2n) is 6.86. The Morgan fingerprint density at radius 2 is 1.83 bits per heavy atom. The molecule has 30 heavy (non-hydrogen) atoms. The molecule has 3 aromatic heterocycles. The lowest BCUT2D eigenvalue weighted by Crippen LogP contribution is -2.23. The smallest absolute Gasteiger partial charge is 0.272 e. The molecule has 0 fully saturated rings. The number of aryl methyl sites for hydroxylation is 2. The first-order chi connectivity index (χ1) is 14.7. The van der Waals surface area contributed by atoms with Crippen molar-refractivity contribution in [1.82, 2.24) is 19.2 Å². The van der Waals surface area contributed by atoms with Crippen LogP contribution in [-0.4, -0.2) is 19.2 Å². The number of thiophene rings is 1. The summed E-state index contributed by atoms with van der Waals surface area (Å²) in [6.45, 7) is 0.521. The third kappa shape index (κ3) is 3.53. The maximum atomic E-state index is 13.5. The van der Waals surface area contributed by atoms with E-state index in [9.17, 15) is 9.18 Å². The fourth-order valence-electron chi connectivity index (χ4n) is 3.46. The largest absolute Gasteiger partial charge is 0.275 e. The van der Waals surface area contributed by atoms with E-state index < -0.39 is 0 Å². The van der Waals surface area contributed by atoms with Gasteiger partial charge in [-0.05, 0) is 41.1 Å². The van der Waals surface area contributed by atoms with Crippen LogP contribution >= 0.6 is 23.1 Å². The van der Waals surface area contributed by atoms with E-state index in [4.69, 9.17) is 0 Å². The molecule has 150 valence electrons. The number of aromatic nitrogens is 4. The van der Waals surface area contributed by atoms with Crippen molar-refractivity contribution in [3.8, 4) is 0 Å². The molecule has 2 aromatic carbocycles. The summed E-state index contributed by atoms with van der Waals surface area (Å²) in [4.78, 5) is 13.1. The molecule has 0 aliphatic rings. The van der Waals surface area contributed by atoms with Crippen LogP contribution < -0.4 is 5.56 Å². The van der Waals surface area contributed by atoms with Gasteiger partial charge in [0.2, 0.25) is 5.78 Å². The summed E-state index contributed by atoms with van der Waals surface area (Å²) >= 11 is 2.90. The topological polar surface area (TPSA) is 52.2 Å². The summed E-state index contributed by atoms with van der Waals surface area (Å²) < 4.78 is 17.8. The van der Waals surface area contributed by atoms with Gasteiger partial charge in [-0.25, -0.2) is 4.39 Å². The second kappa shape index (κ2) is 8.04. The first kappa shape index (κ1) is 19.0. The Labute approximate surface area is 179 Å². The molecule has 0 amide bonds. The quantitative estimate of drug-likeness (QED) is 0.360. The maximum Gasteiger partial charge on any atom is 0.272 e. The van der Waals surface area contributed by atoms with E-state index in [2.05, 4.69) is 22.3 Å². The van der Waals surface area contributed by atoms with E-state index in [0.717, 1.165) is 23.1 Å². The molecule has 0 atom stereocenters. The fraction of sp³-hybridized carbons (Fsp3) is 0.136. The molecular formula is C22H17FN4OS2. The summed E-state index contributed by atoms with van der Waals surface area (Å²) in [5.74, 6) is 0.839. The molecule has 0 saturated carbocycles. The normalized spacial score (nSPS) is 11.5. The summed E-state index contributed by atoms with van der Waals surface area (Å²) in [6, 6.07) is 18.5. The molecule has 0 radical (unpaired) electrons. The van der Waals surface area contributed by atoms with Gasteiger partial charge in [-0.2, -0.15) is 0 Å². The molecule has 5 aromatic rings. The Kier molecular flexibility index (Phi) is 5.10. The zero-order valence-corrected chi connectivity index (χ0v) is 17.5. The Hall–Kier alpha value is -2.97. The first-order valence-electron chi connectivity index (χ1n) is 9.47. The summed E-state index contributed by atoms with van der Waals surface area (Å²) in [6.07, 6.45) is 0.728. The van der Waals surface area contributed by atoms with Gasteiger partial charge in [0, 0.05) is 12.3 Å². The first-order valence-corrected chi connectivity index (χ1v) is 11.3. The van der Waals surface area contributed by atoms with Crippen molar-refractivity contribution in [3.05, 3.63) is 93.3 Å². The monoisotopic (exact) mass is 436 g/mol. The van der Waals surface area contributed by atoms with Gasteiger partial charge in [0.1, 0.15) is 10.5 Å². The molecule has 0 bridgehead atoms. The molecule has 0 spiro atoms. The third-order valence-electron chi connectivity index (χ3n) is 4.91. The van der Waals surface area contributed by atoms with Crippen molar-refractivity contribution < 1.29 is 4.39 Å². The van der Waals surface area contributed by atoms with Crippen LogP contribution in [0.5, 0.6) is 0 Å². The molecule has 0 unspecified atom stereocenters. The zero-order valence-electron chi connectivity index (χ0n) is 15.9. The molecule has 8 heteroatoms. The number of hydrogen-bond donors (Lipinski definition) is 0. The summed E-state index contributed by atoms with van der Waals surface area (Å²) in [5.41, 5.74) is 2.80. The van der Waals surface area contributed by atoms with Crippen LogP contribution in [0.1, 0.15) is 11.1 Å². The van der Waals surface area contributed by atoms with Gasteiger partial charge < -0.3 is 0 Å². The van der Waals surface area contributed by atoms with E-state index in [0.29, 0.717) is 27.9 Å². The average Bonchev–Trinajstić information content (AvgIpc) is 3.40. The number of rotatable bonds is 6. The zero-order chi connectivity index (χ0) is 20.5. The molecule has 0 N–H and O–H groups in total. The predicted octanol–water partition coefficient (Wildman–Crippen LogP) is 4.78. The van der Waals surface area contributed by atoms with Gasteiger partial charge in [-0.3, -0.25) is 13.8 Å². The molecule has 5 rings (SSSR count). The van der Waals surface area contributed by atoms with Crippen LogP contribution in [-0.2, 0) is 18.7 Å². The number of nitrogens with zero attached hydrogens (tertiary/aromatic N) is 4. The van der Waals surface area contributed by atoms with Gasteiger partial charge in [-0.1, -0.05) is 54.2 Å². The van der Waals surface area contributed by atoms with Crippen LogP contribution in [0.2, 0.25) is 0 Å². The van der Waals surface area contributed by atoms with Gasteiger partial charge in [-0.15, -0.1) is 21.5 Å². The van der Waals surface area contributed by atoms with Crippen molar-refractivity contribution in [2.45, 2.75) is 23.9 Å². The number of halogens is 1. The van der Waals surface area contributed by atoms with E-state index in [1.807, 2.05) is 40.1 Å². The predicted molar refractivity (Wildman–Crippen MR) is 119 cm³/mol. The summed E-state index contributed by atoms with van der Waals surface area (Å²) in [5, 5.41) is 11.3. The molecular weight excluding hydrogens is 419 g/mol. The fourth-order valence-corrected chi connectivity index (χ4v) is 5.16. The average molecular weight is 437 g/mol. The minimum Gasteiger partial charge on any atom is -0.275 e. The maximum absolute atomic E-state index is 13.5. The van der Waals surface area contributed by atoms with Crippen molar-refractivity contribution in [2.24, 2.45) is 0 Å². The number of hydrogen-bond acceptors (Lipinski definition) is 5. The third-order valence-corrected chi connectivity index (χ3v) is 6.80. The minimum atomic E-state index is -0.255. The van der Waals surface area contributed by atoms with E-state index in [-0.39, 0.29) is 11.4 Å². The van der Waals surface area contributed by atoms with Gasteiger partial charge in [0.25, 0.3) is 5.56 Å². The lowest BCUT2D eigenvalue weighted by Gasteiger charge is -2.09. The molecule has 5 nitrogen and oxygen atoms in total. The number of thioether (sulfide) groups is 1. The second-order valence-corrected chi connectivity index (χ2v) is 8.72. The SMILES string of the molecule is O=c1c2sccc2n2c(SCc3cccc(F)c3)nnc2n1CCc1ccccc1. The minimum absolute atomic E-state index is 0.0440. The van der Waals surface area contributed by atoms with Crippen LogP contribution in [0.3, 0.4) is 0 Å². The highest BCUT2D eigenvalue weighted by Crippen LogP contribution is 2.26. The lowest BCUT2D eigenvalue weighted by atomic mass is 10.1. The van der Waals surface area contributed by atoms with Crippen molar-refractivity contribution in [3.63, 3.8) is 0 Å². The Bertz CT molecular complexity index is 1390. The van der Waals surface area contributed by atoms with E-state index in [1.165, 1.54) is 35.2 Å². The highest BCUT2D eigenvalue weighted by molar-refractivity contribution is 7.98. The van der Waals surface area contributed by atoms with Crippen LogP contribution in [0.4, 0.5) is 4.39 Å². The van der Waals surface area contributed by atoms with Crippen molar-refractivity contribution >= 4 is 39.1 Å². The highest BCUT2D eigenvalue weighted by atomic mass is 32.2. The number of fused-ring (bicyclic) bond motifs is 3. The molecule has 3 heterocycles. The van der Waals surface area contributed by atoms with Crippen LogP contribution in [0, 0.1) is 5.82 Å². The van der Waals surface area contributed by atoms with Gasteiger partial charge in [0.15, 0.2) is 5.16 Å². The Morgan fingerprint density at radius 3 is 2.67 bits per heavy atom. The molecule has 0 aliphatic carbocycles. The Morgan fingerprint density at radius 1 is 1.00 bits per heavy atom. The van der Waals surface area contributed by atoms with Gasteiger partial charge >= 0.3 is 0 Å². The number of benzene rings is 2. The van der Waals surface area contributed by atoms with Crippen LogP contribution in [0.25, 0.3) is 16.0 Å².